The third-order valence-electron chi connectivity index (χ3n) is 2.13. The Kier molecular flexibility index (Phi) is 2.00. The molecule has 0 radical (unpaired) electrons. The molecule has 0 N–H and O–H groups in total. The minimum absolute atomic E-state index is 0.987. The first-order chi connectivity index (χ1) is 6.16. The van der Waals surface area contributed by atoms with Crippen LogP contribution in [0, 0.1) is 13.8 Å². The molecule has 1 aromatic heterocycles. The van der Waals surface area contributed by atoms with Crippen molar-refractivity contribution in [2.45, 2.75) is 18.7 Å². The predicted octanol–water partition coefficient (Wildman–Crippen LogP) is 3.14. The number of rotatable bonds is 0. The van der Waals surface area contributed by atoms with Gasteiger partial charge in [0.25, 0.3) is 0 Å². The second-order valence-electron chi connectivity index (χ2n) is 3.28. The first-order valence-corrected chi connectivity index (χ1v) is 4.68. The Labute approximate surface area is 83.2 Å². The van der Waals surface area contributed by atoms with Gasteiger partial charge in [-0.1, -0.05) is 0 Å². The minimum atomic E-state index is 0.987. The number of nitrogens with zero attached hydrogens (tertiary/aromatic N) is 1. The maximum atomic E-state index is 4.44. The Morgan fingerprint density at radius 1 is 1.15 bits per heavy atom. The second kappa shape index (κ2) is 3.04. The summed E-state index contributed by atoms with van der Waals surface area (Å²) >= 11 is 4.31. The molecule has 0 aliphatic carbocycles. The van der Waals surface area contributed by atoms with Crippen molar-refractivity contribution in [3.8, 4) is 0 Å². The highest BCUT2D eigenvalue weighted by Crippen LogP contribution is 2.20. The van der Waals surface area contributed by atoms with Crippen LogP contribution in [-0.2, 0) is 0 Å². The fourth-order valence-electron chi connectivity index (χ4n) is 1.55. The van der Waals surface area contributed by atoms with E-state index < -0.39 is 0 Å². The molecule has 1 heterocycles. The van der Waals surface area contributed by atoms with Gasteiger partial charge in [-0.15, -0.1) is 12.6 Å². The van der Waals surface area contributed by atoms with Gasteiger partial charge in [-0.25, -0.2) is 0 Å². The van der Waals surface area contributed by atoms with Gasteiger partial charge < -0.3 is 0 Å². The number of hydrogen-bond acceptors (Lipinski definition) is 2. The highest BCUT2D eigenvalue weighted by Gasteiger charge is 1.99. The lowest BCUT2D eigenvalue weighted by atomic mass is 10.1. The maximum Gasteiger partial charge on any atom is 0.0708 e. The Hall–Kier alpha value is -1.02. The van der Waals surface area contributed by atoms with Crippen molar-refractivity contribution in [2.75, 3.05) is 0 Å². The zero-order valence-electron chi connectivity index (χ0n) is 7.70. The normalized spacial score (nSPS) is 10.7. The zero-order chi connectivity index (χ0) is 9.42. The van der Waals surface area contributed by atoms with Gasteiger partial charge in [0.1, 0.15) is 0 Å². The van der Waals surface area contributed by atoms with E-state index in [1.807, 2.05) is 19.1 Å². The van der Waals surface area contributed by atoms with E-state index in [-0.39, 0.29) is 0 Å². The molecule has 66 valence electrons. The Morgan fingerprint density at radius 2 is 1.92 bits per heavy atom. The SMILES string of the molecule is Cc1cc(C)c2cc(S)ccc2n1. The van der Waals surface area contributed by atoms with Crippen LogP contribution in [0.1, 0.15) is 11.3 Å². The van der Waals surface area contributed by atoms with E-state index in [0.29, 0.717) is 0 Å². The lowest BCUT2D eigenvalue weighted by Crippen LogP contribution is -1.86. The van der Waals surface area contributed by atoms with E-state index in [4.69, 9.17) is 0 Å². The smallest absolute Gasteiger partial charge is 0.0708 e. The number of hydrogen-bond donors (Lipinski definition) is 1. The van der Waals surface area contributed by atoms with E-state index >= 15 is 0 Å². The van der Waals surface area contributed by atoms with Crippen molar-refractivity contribution < 1.29 is 0 Å². The molecule has 0 bridgehead atoms. The molecule has 0 saturated heterocycles. The van der Waals surface area contributed by atoms with E-state index in [0.717, 1.165) is 16.1 Å². The lowest BCUT2D eigenvalue weighted by Gasteiger charge is -2.03. The van der Waals surface area contributed by atoms with Crippen LogP contribution >= 0.6 is 12.6 Å². The van der Waals surface area contributed by atoms with E-state index in [9.17, 15) is 0 Å². The van der Waals surface area contributed by atoms with Crippen LogP contribution < -0.4 is 0 Å². The quantitative estimate of drug-likeness (QED) is 0.628. The third kappa shape index (κ3) is 1.54. The summed E-state index contributed by atoms with van der Waals surface area (Å²) in [5, 5.41) is 1.19. The second-order valence-corrected chi connectivity index (χ2v) is 3.80. The maximum absolute atomic E-state index is 4.44. The van der Waals surface area contributed by atoms with Gasteiger partial charge in [0.2, 0.25) is 0 Å². The molecular formula is C11H11NS. The summed E-state index contributed by atoms with van der Waals surface area (Å²) in [5.41, 5.74) is 3.38. The van der Waals surface area contributed by atoms with Gasteiger partial charge in [0, 0.05) is 16.0 Å². The molecule has 0 atom stereocenters. The first-order valence-electron chi connectivity index (χ1n) is 4.24. The molecule has 0 saturated carbocycles. The summed E-state index contributed by atoms with van der Waals surface area (Å²) in [7, 11) is 0. The molecule has 0 aliphatic heterocycles. The van der Waals surface area contributed by atoms with Crippen molar-refractivity contribution in [2.24, 2.45) is 0 Å². The monoisotopic (exact) mass is 189 g/mol. The van der Waals surface area contributed by atoms with Crippen molar-refractivity contribution in [1.29, 1.82) is 0 Å². The topological polar surface area (TPSA) is 12.9 Å². The average molecular weight is 189 g/mol. The molecule has 0 spiro atoms. The number of aromatic nitrogens is 1. The van der Waals surface area contributed by atoms with Gasteiger partial charge in [-0.2, -0.15) is 0 Å². The Balaban J connectivity index is 2.87. The van der Waals surface area contributed by atoms with Gasteiger partial charge in [-0.05, 0) is 43.7 Å². The van der Waals surface area contributed by atoms with Crippen LogP contribution in [0.2, 0.25) is 0 Å². The molecule has 1 aromatic carbocycles. The van der Waals surface area contributed by atoms with Gasteiger partial charge >= 0.3 is 0 Å². The number of thiol groups is 1. The summed E-state index contributed by atoms with van der Waals surface area (Å²) in [6.07, 6.45) is 0. The fraction of sp³-hybridized carbons (Fsp3) is 0.182. The largest absolute Gasteiger partial charge is 0.253 e. The van der Waals surface area contributed by atoms with Crippen LogP contribution in [0.5, 0.6) is 0 Å². The number of aryl methyl sites for hydroxylation is 2. The molecule has 0 unspecified atom stereocenters. The van der Waals surface area contributed by atoms with Crippen molar-refractivity contribution in [3.05, 3.63) is 35.5 Å². The number of pyridine rings is 1. The predicted molar refractivity (Wildman–Crippen MR) is 58.5 cm³/mol. The van der Waals surface area contributed by atoms with Crippen LogP contribution in [0.15, 0.2) is 29.2 Å². The van der Waals surface area contributed by atoms with Crippen LogP contribution in [0.3, 0.4) is 0 Å². The summed E-state index contributed by atoms with van der Waals surface area (Å²) in [5.74, 6) is 0. The fourth-order valence-corrected chi connectivity index (χ4v) is 1.75. The zero-order valence-corrected chi connectivity index (χ0v) is 8.60. The summed E-state index contributed by atoms with van der Waals surface area (Å²) < 4.78 is 0. The van der Waals surface area contributed by atoms with E-state index in [1.54, 1.807) is 0 Å². The Bertz CT molecular complexity index is 463. The highest BCUT2D eigenvalue weighted by atomic mass is 32.1. The van der Waals surface area contributed by atoms with Crippen LogP contribution in [-0.4, -0.2) is 4.98 Å². The molecule has 0 amide bonds. The molecule has 2 aromatic rings. The molecule has 0 fully saturated rings. The summed E-state index contributed by atoms with van der Waals surface area (Å²) in [6, 6.07) is 8.13. The average Bonchev–Trinajstić information content (AvgIpc) is 2.06. The standard InChI is InChI=1S/C11H11NS/c1-7-5-8(2)12-11-4-3-9(13)6-10(7)11/h3-6,13H,1-2H3. The van der Waals surface area contributed by atoms with E-state index in [1.165, 1.54) is 10.9 Å². The lowest BCUT2D eigenvalue weighted by molar-refractivity contribution is 1.23. The molecule has 0 aliphatic rings. The summed E-state index contributed by atoms with van der Waals surface area (Å²) in [4.78, 5) is 5.43. The first kappa shape index (κ1) is 8.57. The van der Waals surface area contributed by atoms with Gasteiger partial charge in [-0.3, -0.25) is 4.98 Å². The summed E-state index contributed by atoms with van der Waals surface area (Å²) in [6.45, 7) is 4.12. The highest BCUT2D eigenvalue weighted by molar-refractivity contribution is 7.80. The van der Waals surface area contributed by atoms with Crippen LogP contribution in [0.25, 0.3) is 10.9 Å². The minimum Gasteiger partial charge on any atom is -0.253 e. The number of fused-ring (bicyclic) bond motifs is 1. The third-order valence-corrected chi connectivity index (χ3v) is 2.41. The van der Waals surface area contributed by atoms with Crippen molar-refractivity contribution in [3.63, 3.8) is 0 Å². The van der Waals surface area contributed by atoms with Gasteiger partial charge in [0.05, 0.1) is 5.52 Å². The molecular weight excluding hydrogens is 178 g/mol. The number of benzene rings is 1. The van der Waals surface area contributed by atoms with Crippen molar-refractivity contribution >= 4 is 23.5 Å². The molecule has 2 heteroatoms. The Morgan fingerprint density at radius 3 is 2.69 bits per heavy atom. The molecule has 1 nitrogen and oxygen atoms in total. The molecule has 2 rings (SSSR count). The van der Waals surface area contributed by atoms with Crippen LogP contribution in [0.4, 0.5) is 0 Å². The molecule has 13 heavy (non-hydrogen) atoms. The van der Waals surface area contributed by atoms with Crippen molar-refractivity contribution in [1.82, 2.24) is 4.98 Å². The van der Waals surface area contributed by atoms with E-state index in [2.05, 4.69) is 36.7 Å². The van der Waals surface area contributed by atoms with Gasteiger partial charge in [0.15, 0.2) is 0 Å².